The highest BCUT2D eigenvalue weighted by atomic mass is 35.5. The lowest BCUT2D eigenvalue weighted by molar-refractivity contribution is 0.319. The lowest BCUT2D eigenvalue weighted by atomic mass is 10.2. The molecule has 2 rings (SSSR count). The normalized spacial score (nSPS) is 10.3. The Bertz CT molecular complexity index is 572. The Balaban J connectivity index is 2.08. The van der Waals surface area contributed by atoms with Crippen LogP contribution in [0.15, 0.2) is 42.5 Å². The fourth-order valence-corrected chi connectivity index (χ4v) is 2.03. The lowest BCUT2D eigenvalue weighted by Crippen LogP contribution is -2.03. The molecule has 4 heteroatoms. The first-order valence-electron chi connectivity index (χ1n) is 6.63. The molecule has 0 unspecified atom stereocenters. The zero-order valence-corrected chi connectivity index (χ0v) is 12.2. The topological polar surface area (TPSA) is 41.5 Å². The van der Waals surface area contributed by atoms with E-state index in [4.69, 9.17) is 16.3 Å². The number of benzene rings is 2. The van der Waals surface area contributed by atoms with E-state index in [0.29, 0.717) is 18.2 Å². The van der Waals surface area contributed by atoms with Crippen LogP contribution in [-0.4, -0.2) is 11.7 Å². The zero-order chi connectivity index (χ0) is 14.4. The molecule has 3 nitrogen and oxygen atoms in total. The van der Waals surface area contributed by atoms with Crippen molar-refractivity contribution < 1.29 is 9.84 Å². The molecule has 0 aliphatic rings. The smallest absolute Gasteiger partial charge is 0.142 e. The van der Waals surface area contributed by atoms with E-state index < -0.39 is 0 Å². The third-order valence-electron chi connectivity index (χ3n) is 2.86. The highest BCUT2D eigenvalue weighted by Crippen LogP contribution is 2.27. The van der Waals surface area contributed by atoms with Crippen molar-refractivity contribution in [2.24, 2.45) is 0 Å². The standard InChI is InChI=1S/C16H18ClNO2/c1-2-9-20-16-6-4-3-5-14(16)18-11-12-10-13(17)7-8-15(12)19/h3-8,10,18-19H,2,9,11H2,1H3. The van der Waals surface area contributed by atoms with Gasteiger partial charge in [0.05, 0.1) is 12.3 Å². The second-order valence-electron chi connectivity index (χ2n) is 4.47. The van der Waals surface area contributed by atoms with Gasteiger partial charge in [-0.25, -0.2) is 0 Å². The molecule has 106 valence electrons. The number of rotatable bonds is 6. The summed E-state index contributed by atoms with van der Waals surface area (Å²) in [6.07, 6.45) is 0.962. The van der Waals surface area contributed by atoms with E-state index in [9.17, 15) is 5.11 Å². The molecule has 0 bridgehead atoms. The molecule has 0 aliphatic heterocycles. The van der Waals surface area contributed by atoms with Crippen molar-refractivity contribution in [2.75, 3.05) is 11.9 Å². The van der Waals surface area contributed by atoms with Crippen molar-refractivity contribution in [3.8, 4) is 11.5 Å². The number of hydrogen-bond acceptors (Lipinski definition) is 3. The van der Waals surface area contributed by atoms with Crippen LogP contribution in [-0.2, 0) is 6.54 Å². The van der Waals surface area contributed by atoms with Crippen molar-refractivity contribution in [3.63, 3.8) is 0 Å². The highest BCUT2D eigenvalue weighted by Gasteiger charge is 2.05. The van der Waals surface area contributed by atoms with Gasteiger partial charge in [0.15, 0.2) is 0 Å². The van der Waals surface area contributed by atoms with Crippen LogP contribution in [0.4, 0.5) is 5.69 Å². The number of hydrogen-bond donors (Lipinski definition) is 2. The average Bonchev–Trinajstić information content (AvgIpc) is 2.47. The number of phenolic OH excluding ortho intramolecular Hbond substituents is 1. The van der Waals surface area contributed by atoms with Gasteiger partial charge in [0, 0.05) is 17.1 Å². The van der Waals surface area contributed by atoms with E-state index in [0.717, 1.165) is 23.4 Å². The Labute approximate surface area is 124 Å². The SMILES string of the molecule is CCCOc1ccccc1NCc1cc(Cl)ccc1O. The molecular formula is C16H18ClNO2. The number of aromatic hydroxyl groups is 1. The molecule has 0 heterocycles. The summed E-state index contributed by atoms with van der Waals surface area (Å²) in [7, 11) is 0. The fraction of sp³-hybridized carbons (Fsp3) is 0.250. The van der Waals surface area contributed by atoms with Crippen LogP contribution in [0.5, 0.6) is 11.5 Å². The van der Waals surface area contributed by atoms with Crippen LogP contribution >= 0.6 is 11.6 Å². The molecular weight excluding hydrogens is 274 g/mol. The third-order valence-corrected chi connectivity index (χ3v) is 3.09. The molecule has 0 radical (unpaired) electrons. The first kappa shape index (κ1) is 14.5. The van der Waals surface area contributed by atoms with E-state index in [2.05, 4.69) is 12.2 Å². The summed E-state index contributed by atoms with van der Waals surface area (Å²) in [6.45, 7) is 3.24. The lowest BCUT2D eigenvalue weighted by Gasteiger charge is -2.13. The quantitative estimate of drug-likeness (QED) is 0.826. The van der Waals surface area contributed by atoms with Gasteiger partial charge >= 0.3 is 0 Å². The summed E-state index contributed by atoms with van der Waals surface area (Å²) in [6, 6.07) is 12.8. The van der Waals surface area contributed by atoms with Crippen molar-refractivity contribution in [1.29, 1.82) is 0 Å². The summed E-state index contributed by atoms with van der Waals surface area (Å²) in [5.74, 6) is 1.05. The van der Waals surface area contributed by atoms with E-state index in [1.807, 2.05) is 24.3 Å². The van der Waals surface area contributed by atoms with E-state index >= 15 is 0 Å². The molecule has 20 heavy (non-hydrogen) atoms. The van der Waals surface area contributed by atoms with Crippen LogP contribution in [0.2, 0.25) is 5.02 Å². The fourth-order valence-electron chi connectivity index (χ4n) is 1.84. The van der Waals surface area contributed by atoms with Gasteiger partial charge in [-0.2, -0.15) is 0 Å². The van der Waals surface area contributed by atoms with Gasteiger partial charge in [0.25, 0.3) is 0 Å². The molecule has 0 aromatic heterocycles. The zero-order valence-electron chi connectivity index (χ0n) is 11.4. The van der Waals surface area contributed by atoms with Crippen molar-refractivity contribution in [2.45, 2.75) is 19.9 Å². The van der Waals surface area contributed by atoms with Crippen LogP contribution in [0.1, 0.15) is 18.9 Å². The number of para-hydroxylation sites is 2. The molecule has 0 fully saturated rings. The number of nitrogens with one attached hydrogen (secondary N) is 1. The summed E-state index contributed by atoms with van der Waals surface area (Å²) < 4.78 is 5.68. The minimum Gasteiger partial charge on any atom is -0.508 e. The summed E-state index contributed by atoms with van der Waals surface area (Å²) in [5.41, 5.74) is 1.66. The maximum absolute atomic E-state index is 9.79. The number of anilines is 1. The van der Waals surface area contributed by atoms with Crippen LogP contribution in [0.3, 0.4) is 0 Å². The second kappa shape index (κ2) is 7.06. The van der Waals surface area contributed by atoms with Crippen molar-refractivity contribution in [1.82, 2.24) is 0 Å². The second-order valence-corrected chi connectivity index (χ2v) is 4.91. The molecule has 0 amide bonds. The molecule has 0 aliphatic carbocycles. The Hall–Kier alpha value is -1.87. The van der Waals surface area contributed by atoms with Crippen LogP contribution in [0.25, 0.3) is 0 Å². The average molecular weight is 292 g/mol. The molecule has 2 N–H and O–H groups in total. The number of ether oxygens (including phenoxy) is 1. The van der Waals surface area contributed by atoms with Crippen molar-refractivity contribution in [3.05, 3.63) is 53.1 Å². The minimum absolute atomic E-state index is 0.230. The van der Waals surface area contributed by atoms with Gasteiger partial charge in [-0.15, -0.1) is 0 Å². The largest absolute Gasteiger partial charge is 0.508 e. The monoisotopic (exact) mass is 291 g/mol. The minimum atomic E-state index is 0.230. The van der Waals surface area contributed by atoms with E-state index in [1.54, 1.807) is 18.2 Å². The highest BCUT2D eigenvalue weighted by molar-refractivity contribution is 6.30. The van der Waals surface area contributed by atoms with Crippen LogP contribution < -0.4 is 10.1 Å². The summed E-state index contributed by atoms with van der Waals surface area (Å²) in [5, 5.41) is 13.7. The predicted molar refractivity (Wildman–Crippen MR) is 82.7 cm³/mol. The summed E-state index contributed by atoms with van der Waals surface area (Å²) in [4.78, 5) is 0. The number of halogens is 1. The van der Waals surface area contributed by atoms with Gasteiger partial charge in [-0.1, -0.05) is 30.7 Å². The maximum Gasteiger partial charge on any atom is 0.142 e. The van der Waals surface area contributed by atoms with E-state index in [-0.39, 0.29) is 5.75 Å². The van der Waals surface area contributed by atoms with Gasteiger partial charge in [-0.05, 0) is 36.8 Å². The molecule has 0 spiro atoms. The third kappa shape index (κ3) is 3.81. The molecule has 0 saturated heterocycles. The Morgan fingerprint density at radius 3 is 2.80 bits per heavy atom. The molecule has 2 aromatic rings. The number of phenols is 1. The Morgan fingerprint density at radius 1 is 1.20 bits per heavy atom. The van der Waals surface area contributed by atoms with Crippen molar-refractivity contribution >= 4 is 17.3 Å². The molecule has 0 atom stereocenters. The van der Waals surface area contributed by atoms with Crippen LogP contribution in [0, 0.1) is 0 Å². The Kier molecular flexibility index (Phi) is 5.13. The predicted octanol–water partition coefficient (Wildman–Crippen LogP) is 4.45. The van der Waals surface area contributed by atoms with Gasteiger partial charge in [-0.3, -0.25) is 0 Å². The summed E-state index contributed by atoms with van der Waals surface area (Å²) >= 11 is 5.93. The van der Waals surface area contributed by atoms with Gasteiger partial charge in [0.2, 0.25) is 0 Å². The Morgan fingerprint density at radius 2 is 2.00 bits per heavy atom. The van der Waals surface area contributed by atoms with Gasteiger partial charge < -0.3 is 15.2 Å². The maximum atomic E-state index is 9.79. The van der Waals surface area contributed by atoms with Gasteiger partial charge in [0.1, 0.15) is 11.5 Å². The first-order chi connectivity index (χ1) is 9.70. The molecule has 0 saturated carbocycles. The van der Waals surface area contributed by atoms with E-state index in [1.165, 1.54) is 0 Å². The first-order valence-corrected chi connectivity index (χ1v) is 7.01. The molecule has 2 aromatic carbocycles.